The lowest BCUT2D eigenvalue weighted by Crippen LogP contribution is -2.41. The molecule has 0 unspecified atom stereocenters. The van der Waals surface area contributed by atoms with E-state index in [4.69, 9.17) is 0 Å². The van der Waals surface area contributed by atoms with Gasteiger partial charge in [0.2, 0.25) is 11.8 Å². The summed E-state index contributed by atoms with van der Waals surface area (Å²) in [6, 6.07) is 20.2. The summed E-state index contributed by atoms with van der Waals surface area (Å²) in [6.45, 7) is 2.62. The van der Waals surface area contributed by atoms with Crippen LogP contribution in [0.15, 0.2) is 71.6 Å². The first-order valence-electron chi connectivity index (χ1n) is 9.45. The lowest BCUT2D eigenvalue weighted by molar-refractivity contribution is -0.133. The highest BCUT2D eigenvalue weighted by Gasteiger charge is 2.16. The lowest BCUT2D eigenvalue weighted by atomic mass is 10.1. The summed E-state index contributed by atoms with van der Waals surface area (Å²) in [5, 5.41) is 5.07. The van der Waals surface area contributed by atoms with Crippen LogP contribution in [0.25, 0.3) is 10.8 Å². The Hall–Kier alpha value is -2.86. The zero-order valence-corrected chi connectivity index (χ0v) is 17.0. The van der Waals surface area contributed by atoms with Crippen LogP contribution in [0.3, 0.4) is 0 Å². The van der Waals surface area contributed by atoms with Gasteiger partial charge in [-0.3, -0.25) is 9.59 Å². The fraction of sp³-hybridized carbons (Fsp3) is 0.217. The van der Waals surface area contributed by atoms with E-state index >= 15 is 0 Å². The molecule has 1 N–H and O–H groups in total. The first-order chi connectivity index (χ1) is 14.0. The molecule has 2 amide bonds. The summed E-state index contributed by atoms with van der Waals surface area (Å²) in [6.07, 6.45) is 0. The van der Waals surface area contributed by atoms with Crippen LogP contribution >= 0.6 is 11.8 Å². The molecule has 3 aromatic carbocycles. The van der Waals surface area contributed by atoms with Crippen LogP contribution in [-0.2, 0) is 16.1 Å². The van der Waals surface area contributed by atoms with Crippen molar-refractivity contribution in [2.75, 3.05) is 18.8 Å². The largest absolute Gasteiger partial charge is 0.350 e. The Labute approximate surface area is 174 Å². The Bertz CT molecular complexity index is 992. The number of likely N-dealkylation sites (N-methyl/N-ethyl adjacent to an activating group) is 1. The van der Waals surface area contributed by atoms with Crippen molar-refractivity contribution in [3.63, 3.8) is 0 Å². The van der Waals surface area contributed by atoms with Crippen LogP contribution in [-0.4, -0.2) is 35.6 Å². The average molecular weight is 411 g/mol. The predicted molar refractivity (Wildman–Crippen MR) is 115 cm³/mol. The Morgan fingerprint density at radius 3 is 2.45 bits per heavy atom. The molecule has 4 nitrogen and oxygen atoms in total. The minimum atomic E-state index is -0.313. The standard InChI is InChI=1S/C23H23FN2O2S/c1-2-26(15-22(27)25-14-17-7-10-20(24)11-8-17)23(28)16-29-21-12-9-18-5-3-4-6-19(18)13-21/h3-13H,2,14-16H2,1H3,(H,25,27). The highest BCUT2D eigenvalue weighted by atomic mass is 32.2. The van der Waals surface area contributed by atoms with Gasteiger partial charge in [0, 0.05) is 18.0 Å². The number of carbonyl (C=O) groups excluding carboxylic acids is 2. The molecule has 0 aliphatic heterocycles. The van der Waals surface area contributed by atoms with Gasteiger partial charge in [-0.25, -0.2) is 4.39 Å². The first-order valence-corrected chi connectivity index (χ1v) is 10.4. The van der Waals surface area contributed by atoms with E-state index in [0.717, 1.165) is 21.2 Å². The minimum absolute atomic E-state index is 0.00874. The Morgan fingerprint density at radius 1 is 1.00 bits per heavy atom. The smallest absolute Gasteiger partial charge is 0.239 e. The molecule has 0 saturated heterocycles. The monoisotopic (exact) mass is 410 g/mol. The van der Waals surface area contributed by atoms with E-state index in [2.05, 4.69) is 17.4 Å². The normalized spacial score (nSPS) is 10.7. The number of hydrogen-bond donors (Lipinski definition) is 1. The van der Waals surface area contributed by atoms with Crippen molar-refractivity contribution in [1.82, 2.24) is 10.2 Å². The van der Waals surface area contributed by atoms with Crippen molar-refractivity contribution in [3.05, 3.63) is 78.1 Å². The number of carbonyl (C=O) groups is 2. The Kier molecular flexibility index (Phi) is 7.25. The topological polar surface area (TPSA) is 49.4 Å². The van der Waals surface area contributed by atoms with Crippen LogP contribution in [0, 0.1) is 5.82 Å². The van der Waals surface area contributed by atoms with Gasteiger partial charge in [0.15, 0.2) is 0 Å². The molecular formula is C23H23FN2O2S. The van der Waals surface area contributed by atoms with E-state index in [1.807, 2.05) is 37.3 Å². The molecule has 0 spiro atoms. The molecule has 0 aromatic heterocycles. The Morgan fingerprint density at radius 2 is 1.72 bits per heavy atom. The van der Waals surface area contributed by atoms with E-state index in [-0.39, 0.29) is 29.9 Å². The third-order valence-electron chi connectivity index (χ3n) is 4.56. The number of benzene rings is 3. The summed E-state index contributed by atoms with van der Waals surface area (Å²) in [5.41, 5.74) is 0.806. The van der Waals surface area contributed by atoms with Crippen molar-refractivity contribution in [1.29, 1.82) is 0 Å². The van der Waals surface area contributed by atoms with Crippen LogP contribution < -0.4 is 5.32 Å². The Balaban J connectivity index is 1.49. The third-order valence-corrected chi connectivity index (χ3v) is 5.53. The van der Waals surface area contributed by atoms with Crippen molar-refractivity contribution >= 4 is 34.3 Å². The quantitative estimate of drug-likeness (QED) is 0.565. The maximum absolute atomic E-state index is 12.9. The molecule has 29 heavy (non-hydrogen) atoms. The second kappa shape index (κ2) is 10.1. The van der Waals surface area contributed by atoms with Crippen molar-refractivity contribution in [2.24, 2.45) is 0 Å². The predicted octanol–water partition coefficient (Wildman–Crippen LogP) is 4.24. The van der Waals surface area contributed by atoms with Crippen molar-refractivity contribution in [2.45, 2.75) is 18.4 Å². The fourth-order valence-electron chi connectivity index (χ4n) is 2.90. The number of hydrogen-bond acceptors (Lipinski definition) is 3. The summed E-state index contributed by atoms with van der Waals surface area (Å²) in [5.74, 6) is -0.355. The minimum Gasteiger partial charge on any atom is -0.350 e. The SMILES string of the molecule is CCN(CC(=O)NCc1ccc(F)cc1)C(=O)CSc1ccc2ccccc2c1. The molecule has 0 fully saturated rings. The molecule has 0 saturated carbocycles. The summed E-state index contributed by atoms with van der Waals surface area (Å²) in [7, 11) is 0. The number of amides is 2. The van der Waals surface area contributed by atoms with Gasteiger partial charge in [-0.05, 0) is 47.5 Å². The molecule has 3 rings (SSSR count). The zero-order valence-electron chi connectivity index (χ0n) is 16.2. The molecule has 0 bridgehead atoms. The van der Waals surface area contributed by atoms with Crippen LogP contribution in [0.1, 0.15) is 12.5 Å². The van der Waals surface area contributed by atoms with Crippen LogP contribution in [0.5, 0.6) is 0 Å². The zero-order chi connectivity index (χ0) is 20.6. The fourth-order valence-corrected chi connectivity index (χ4v) is 3.75. The van der Waals surface area contributed by atoms with Gasteiger partial charge in [-0.2, -0.15) is 0 Å². The lowest BCUT2D eigenvalue weighted by Gasteiger charge is -2.20. The van der Waals surface area contributed by atoms with E-state index in [1.54, 1.807) is 12.1 Å². The highest BCUT2D eigenvalue weighted by molar-refractivity contribution is 8.00. The van der Waals surface area contributed by atoms with Gasteiger partial charge < -0.3 is 10.2 Å². The second-order valence-electron chi connectivity index (χ2n) is 6.61. The van der Waals surface area contributed by atoms with Crippen molar-refractivity contribution in [3.8, 4) is 0 Å². The molecule has 150 valence electrons. The molecule has 0 radical (unpaired) electrons. The number of fused-ring (bicyclic) bond motifs is 1. The molecule has 0 aliphatic rings. The second-order valence-corrected chi connectivity index (χ2v) is 7.66. The molecular weight excluding hydrogens is 387 g/mol. The van der Waals surface area contributed by atoms with Gasteiger partial charge in [0.25, 0.3) is 0 Å². The molecule has 0 atom stereocenters. The molecule has 3 aromatic rings. The summed E-state index contributed by atoms with van der Waals surface area (Å²) < 4.78 is 12.9. The summed E-state index contributed by atoms with van der Waals surface area (Å²) in [4.78, 5) is 27.3. The van der Waals surface area contributed by atoms with Gasteiger partial charge in [-0.1, -0.05) is 42.5 Å². The summed E-state index contributed by atoms with van der Waals surface area (Å²) >= 11 is 1.47. The number of nitrogens with one attached hydrogen (secondary N) is 1. The number of rotatable bonds is 8. The molecule has 0 heterocycles. The first kappa shape index (κ1) is 20.9. The number of halogens is 1. The maximum Gasteiger partial charge on any atom is 0.239 e. The van der Waals surface area contributed by atoms with Crippen LogP contribution in [0.4, 0.5) is 4.39 Å². The number of thioether (sulfide) groups is 1. The van der Waals surface area contributed by atoms with E-state index < -0.39 is 0 Å². The highest BCUT2D eigenvalue weighted by Crippen LogP contribution is 2.23. The van der Waals surface area contributed by atoms with Crippen LogP contribution in [0.2, 0.25) is 0 Å². The molecule has 0 aliphatic carbocycles. The van der Waals surface area contributed by atoms with Gasteiger partial charge in [-0.15, -0.1) is 11.8 Å². The third kappa shape index (κ3) is 6.06. The molecule has 6 heteroatoms. The van der Waals surface area contributed by atoms with E-state index in [9.17, 15) is 14.0 Å². The van der Waals surface area contributed by atoms with E-state index in [1.165, 1.54) is 28.8 Å². The van der Waals surface area contributed by atoms with Gasteiger partial charge in [0.1, 0.15) is 5.82 Å². The van der Waals surface area contributed by atoms with Gasteiger partial charge >= 0.3 is 0 Å². The maximum atomic E-state index is 12.9. The number of nitrogens with zero attached hydrogens (tertiary/aromatic N) is 1. The average Bonchev–Trinajstić information content (AvgIpc) is 2.75. The van der Waals surface area contributed by atoms with E-state index in [0.29, 0.717) is 13.1 Å². The van der Waals surface area contributed by atoms with Gasteiger partial charge in [0.05, 0.1) is 12.3 Å². The van der Waals surface area contributed by atoms with Crippen molar-refractivity contribution < 1.29 is 14.0 Å².